The lowest BCUT2D eigenvalue weighted by molar-refractivity contribution is 0.0952. The molecule has 7 nitrogen and oxygen atoms in total. The molecule has 0 bridgehead atoms. The van der Waals surface area contributed by atoms with Crippen molar-refractivity contribution in [2.45, 2.75) is 20.4 Å². The number of nitrogens with zero attached hydrogens (tertiary/aromatic N) is 4. The maximum atomic E-state index is 12.6. The summed E-state index contributed by atoms with van der Waals surface area (Å²) in [5.74, 6) is 0.418. The minimum absolute atomic E-state index is 0.0466. The quantitative estimate of drug-likeness (QED) is 0.562. The number of carbonyl (C=O) groups excluding carboxylic acids is 2. The molecule has 0 radical (unpaired) electrons. The van der Waals surface area contributed by atoms with Crippen LogP contribution in [0.5, 0.6) is 0 Å². The van der Waals surface area contributed by atoms with E-state index >= 15 is 0 Å². The van der Waals surface area contributed by atoms with E-state index in [1.807, 2.05) is 35.7 Å². The van der Waals surface area contributed by atoms with Crippen molar-refractivity contribution in [1.82, 2.24) is 24.9 Å². The fourth-order valence-electron chi connectivity index (χ4n) is 2.76. The number of nitrogens with one attached hydrogen (secondary N) is 1. The van der Waals surface area contributed by atoms with E-state index in [1.165, 1.54) is 18.3 Å². The Morgan fingerprint density at radius 2 is 2.12 bits per heavy atom. The van der Waals surface area contributed by atoms with Crippen molar-refractivity contribution in [3.05, 3.63) is 58.5 Å². The van der Waals surface area contributed by atoms with Gasteiger partial charge in [-0.3, -0.25) is 14.0 Å². The number of amides is 1. The van der Waals surface area contributed by atoms with Crippen molar-refractivity contribution in [1.29, 1.82) is 0 Å². The second kappa shape index (κ2) is 6.30. The van der Waals surface area contributed by atoms with E-state index in [0.29, 0.717) is 16.3 Å². The fraction of sp³-hybridized carbons (Fsp3) is 0.167. The number of aromatic nitrogens is 4. The number of hydrogen-bond donors (Lipinski definition) is 1. The third kappa shape index (κ3) is 2.74. The summed E-state index contributed by atoms with van der Waals surface area (Å²) in [6.45, 7) is 3.64. The van der Waals surface area contributed by atoms with Crippen LogP contribution >= 0.6 is 11.3 Å². The maximum absolute atomic E-state index is 12.6. The minimum Gasteiger partial charge on any atom is -0.344 e. The first-order valence-electron chi connectivity index (χ1n) is 8.01. The maximum Gasteiger partial charge on any atom is 0.262 e. The molecule has 0 fully saturated rings. The lowest BCUT2D eigenvalue weighted by Gasteiger charge is -2.03. The summed E-state index contributed by atoms with van der Waals surface area (Å²) in [6.07, 6.45) is 3.40. The highest BCUT2D eigenvalue weighted by Crippen LogP contribution is 2.30. The molecule has 8 heteroatoms. The topological polar surface area (TPSA) is 89.2 Å². The third-order valence-electron chi connectivity index (χ3n) is 4.20. The van der Waals surface area contributed by atoms with Gasteiger partial charge in [0.25, 0.3) is 5.91 Å². The smallest absolute Gasteiger partial charge is 0.262 e. The number of hydrogen-bond acceptors (Lipinski definition) is 6. The first kappa shape index (κ1) is 16.3. The molecule has 0 saturated carbocycles. The summed E-state index contributed by atoms with van der Waals surface area (Å²) in [7, 11) is 0. The summed E-state index contributed by atoms with van der Waals surface area (Å²) >= 11 is 1.32. The summed E-state index contributed by atoms with van der Waals surface area (Å²) < 4.78 is 1.83. The van der Waals surface area contributed by atoms with Crippen molar-refractivity contribution >= 4 is 38.9 Å². The molecule has 0 aliphatic carbocycles. The molecule has 4 rings (SSSR count). The summed E-state index contributed by atoms with van der Waals surface area (Å²) in [5.41, 5.74) is 2.10. The monoisotopic (exact) mass is 365 g/mol. The first-order chi connectivity index (χ1) is 12.5. The van der Waals surface area contributed by atoms with Gasteiger partial charge >= 0.3 is 0 Å². The first-order valence-corrected chi connectivity index (χ1v) is 8.83. The number of aryl methyl sites for hydroxylation is 1. The molecule has 0 spiro atoms. The number of pyridine rings is 2. The average Bonchev–Trinajstić information content (AvgIpc) is 3.21. The zero-order chi connectivity index (χ0) is 18.3. The normalized spacial score (nSPS) is 11.2. The molecule has 26 heavy (non-hydrogen) atoms. The predicted molar refractivity (Wildman–Crippen MR) is 98.5 cm³/mol. The van der Waals surface area contributed by atoms with E-state index in [2.05, 4.69) is 20.5 Å². The van der Waals surface area contributed by atoms with E-state index in [1.54, 1.807) is 12.3 Å². The van der Waals surface area contributed by atoms with Crippen molar-refractivity contribution in [3.63, 3.8) is 0 Å². The highest BCUT2D eigenvalue weighted by Gasteiger charge is 2.18. The lowest BCUT2D eigenvalue weighted by atomic mass is 10.1. The Morgan fingerprint density at radius 1 is 1.27 bits per heavy atom. The summed E-state index contributed by atoms with van der Waals surface area (Å²) in [5, 5.41) is 11.9. The zero-order valence-corrected chi connectivity index (χ0v) is 15.0. The van der Waals surface area contributed by atoms with Gasteiger partial charge in [-0.2, -0.15) is 0 Å². The largest absolute Gasteiger partial charge is 0.344 e. The predicted octanol–water partition coefficient (Wildman–Crippen LogP) is 2.78. The third-order valence-corrected chi connectivity index (χ3v) is 5.41. The molecule has 0 unspecified atom stereocenters. The van der Waals surface area contributed by atoms with Gasteiger partial charge in [-0.15, -0.1) is 21.5 Å². The van der Waals surface area contributed by atoms with Crippen LogP contribution in [-0.4, -0.2) is 31.3 Å². The second-order valence-electron chi connectivity index (χ2n) is 5.92. The molecule has 4 heterocycles. The molecule has 0 aliphatic rings. The van der Waals surface area contributed by atoms with Crippen LogP contribution < -0.4 is 5.32 Å². The highest BCUT2D eigenvalue weighted by atomic mass is 32.1. The van der Waals surface area contributed by atoms with E-state index in [-0.39, 0.29) is 18.2 Å². The van der Waals surface area contributed by atoms with Crippen LogP contribution in [0.4, 0.5) is 0 Å². The summed E-state index contributed by atoms with van der Waals surface area (Å²) in [4.78, 5) is 29.8. The van der Waals surface area contributed by atoms with Gasteiger partial charge in [0.15, 0.2) is 17.3 Å². The lowest BCUT2D eigenvalue weighted by Crippen LogP contribution is -2.23. The molecule has 0 saturated heterocycles. The fourth-order valence-corrected chi connectivity index (χ4v) is 3.81. The molecule has 4 aromatic rings. The standard InChI is InChI=1S/C18H15N5O2S/c1-10-13-7-12(11(2)24)8-20-18(13)26-16(10)17(25)19-9-15-22-21-14-5-3-4-6-23(14)15/h3-8H,9H2,1-2H3,(H,19,25). The van der Waals surface area contributed by atoms with Crippen LogP contribution in [0.25, 0.3) is 15.9 Å². The number of thiophene rings is 1. The number of ketones is 1. The Kier molecular flexibility index (Phi) is 3.96. The number of rotatable bonds is 4. The van der Waals surface area contributed by atoms with E-state index < -0.39 is 0 Å². The summed E-state index contributed by atoms with van der Waals surface area (Å²) in [6, 6.07) is 7.41. The second-order valence-corrected chi connectivity index (χ2v) is 6.92. The van der Waals surface area contributed by atoms with Gasteiger partial charge in [-0.25, -0.2) is 4.98 Å². The average molecular weight is 365 g/mol. The highest BCUT2D eigenvalue weighted by molar-refractivity contribution is 7.20. The van der Waals surface area contributed by atoms with Gasteiger partial charge in [-0.05, 0) is 37.6 Å². The molecule has 4 aromatic heterocycles. The molecular weight excluding hydrogens is 350 g/mol. The van der Waals surface area contributed by atoms with Gasteiger partial charge in [0.1, 0.15) is 4.83 Å². The van der Waals surface area contributed by atoms with Crippen LogP contribution in [-0.2, 0) is 6.54 Å². The van der Waals surface area contributed by atoms with Crippen LogP contribution in [0, 0.1) is 6.92 Å². The SMILES string of the molecule is CC(=O)c1cnc2sc(C(=O)NCc3nnc4ccccn34)c(C)c2c1. The molecule has 0 aromatic carbocycles. The van der Waals surface area contributed by atoms with Crippen LogP contribution in [0.3, 0.4) is 0 Å². The Balaban J connectivity index is 1.60. The molecular formula is C18H15N5O2S. The Bertz CT molecular complexity index is 1160. The van der Waals surface area contributed by atoms with E-state index in [4.69, 9.17) is 0 Å². The van der Waals surface area contributed by atoms with Crippen LogP contribution in [0.1, 0.15) is 38.3 Å². The van der Waals surface area contributed by atoms with Gasteiger partial charge in [-0.1, -0.05) is 6.07 Å². The van der Waals surface area contributed by atoms with Crippen LogP contribution in [0.15, 0.2) is 36.7 Å². The van der Waals surface area contributed by atoms with Gasteiger partial charge < -0.3 is 5.32 Å². The van der Waals surface area contributed by atoms with Crippen molar-refractivity contribution in [2.24, 2.45) is 0 Å². The zero-order valence-electron chi connectivity index (χ0n) is 14.2. The number of Topliss-reactive ketones (excluding diaryl/α,β-unsaturated/α-hetero) is 1. The van der Waals surface area contributed by atoms with Crippen LogP contribution in [0.2, 0.25) is 0 Å². The molecule has 1 amide bonds. The van der Waals surface area contributed by atoms with E-state index in [9.17, 15) is 9.59 Å². The van der Waals surface area contributed by atoms with E-state index in [0.717, 1.165) is 21.4 Å². The van der Waals surface area contributed by atoms with Crippen molar-refractivity contribution in [2.75, 3.05) is 0 Å². The van der Waals surface area contributed by atoms with Crippen molar-refractivity contribution < 1.29 is 9.59 Å². The Labute approximate surface area is 152 Å². The van der Waals surface area contributed by atoms with Gasteiger partial charge in [0, 0.05) is 23.3 Å². The number of carbonyl (C=O) groups is 2. The molecule has 130 valence electrons. The van der Waals surface area contributed by atoms with Gasteiger partial charge in [0.2, 0.25) is 0 Å². The molecule has 0 aliphatic heterocycles. The number of fused-ring (bicyclic) bond motifs is 2. The Hall–Kier alpha value is -3.13. The molecule has 1 N–H and O–H groups in total. The van der Waals surface area contributed by atoms with Gasteiger partial charge in [0.05, 0.1) is 11.4 Å². The minimum atomic E-state index is -0.192. The Morgan fingerprint density at radius 3 is 2.92 bits per heavy atom. The van der Waals surface area contributed by atoms with Crippen molar-refractivity contribution in [3.8, 4) is 0 Å². The molecule has 0 atom stereocenters.